The molecule has 0 fully saturated rings. The Hall–Kier alpha value is -1.29. The SMILES string of the molecule is CC/C=C/C=C/CCC/C=C/C#N. The number of hydrogen-bond donors (Lipinski definition) is 0. The fraction of sp³-hybridized carbons (Fsp3) is 0.417. The minimum absolute atomic E-state index is 0.995. The van der Waals surface area contributed by atoms with E-state index in [1.807, 2.05) is 12.1 Å². The molecule has 0 saturated heterocycles. The Kier molecular flexibility index (Phi) is 9.65. The van der Waals surface area contributed by atoms with Gasteiger partial charge in [-0.15, -0.1) is 0 Å². The van der Waals surface area contributed by atoms with Gasteiger partial charge in [0.15, 0.2) is 0 Å². The lowest BCUT2D eigenvalue weighted by atomic mass is 10.2. The molecule has 0 radical (unpaired) electrons. The Labute approximate surface area is 81.1 Å². The van der Waals surface area contributed by atoms with Crippen LogP contribution >= 0.6 is 0 Å². The second-order valence-electron chi connectivity index (χ2n) is 2.73. The van der Waals surface area contributed by atoms with Gasteiger partial charge in [-0.05, 0) is 25.7 Å². The Bertz CT molecular complexity index is 216. The zero-order chi connectivity index (χ0) is 9.78. The summed E-state index contributed by atoms with van der Waals surface area (Å²) in [7, 11) is 0. The van der Waals surface area contributed by atoms with Gasteiger partial charge in [0.2, 0.25) is 0 Å². The van der Waals surface area contributed by atoms with Crippen molar-refractivity contribution >= 4 is 0 Å². The van der Waals surface area contributed by atoms with Gasteiger partial charge >= 0.3 is 0 Å². The van der Waals surface area contributed by atoms with E-state index >= 15 is 0 Å². The largest absolute Gasteiger partial charge is 0.193 e. The smallest absolute Gasteiger partial charge is 0.0908 e. The molecule has 0 heterocycles. The predicted molar refractivity (Wildman–Crippen MR) is 57.2 cm³/mol. The van der Waals surface area contributed by atoms with Gasteiger partial charge in [0, 0.05) is 6.08 Å². The van der Waals surface area contributed by atoms with E-state index < -0.39 is 0 Å². The molecule has 0 amide bonds. The molecule has 0 saturated carbocycles. The summed E-state index contributed by atoms with van der Waals surface area (Å²) < 4.78 is 0. The van der Waals surface area contributed by atoms with Gasteiger partial charge in [-0.1, -0.05) is 37.3 Å². The summed E-state index contributed by atoms with van der Waals surface area (Å²) in [4.78, 5) is 0. The molecule has 0 rings (SSSR count). The summed E-state index contributed by atoms with van der Waals surface area (Å²) in [6.07, 6.45) is 16.2. The molecule has 0 aromatic heterocycles. The third kappa shape index (κ3) is 10.7. The summed E-state index contributed by atoms with van der Waals surface area (Å²) in [6.45, 7) is 2.12. The zero-order valence-corrected chi connectivity index (χ0v) is 8.24. The normalized spacial score (nSPS) is 11.7. The molecule has 13 heavy (non-hydrogen) atoms. The van der Waals surface area contributed by atoms with Crippen LogP contribution < -0.4 is 0 Å². The van der Waals surface area contributed by atoms with Crippen LogP contribution in [-0.4, -0.2) is 0 Å². The molecule has 0 aromatic carbocycles. The summed E-state index contributed by atoms with van der Waals surface area (Å²) in [5.74, 6) is 0. The van der Waals surface area contributed by atoms with Crippen LogP contribution in [0.5, 0.6) is 0 Å². The molecule has 70 valence electrons. The summed E-state index contributed by atoms with van der Waals surface area (Å²) in [5, 5.41) is 8.21. The van der Waals surface area contributed by atoms with Crippen LogP contribution in [0.25, 0.3) is 0 Å². The van der Waals surface area contributed by atoms with Crippen LogP contribution in [0.4, 0.5) is 0 Å². The molecule has 0 aromatic rings. The first kappa shape index (κ1) is 11.7. The molecular formula is C12H17N. The minimum atomic E-state index is 0.995. The van der Waals surface area contributed by atoms with E-state index in [0.717, 1.165) is 25.7 Å². The van der Waals surface area contributed by atoms with E-state index in [-0.39, 0.29) is 0 Å². The van der Waals surface area contributed by atoms with Crippen molar-refractivity contribution in [1.82, 2.24) is 0 Å². The molecule has 0 aliphatic rings. The first-order valence-corrected chi connectivity index (χ1v) is 4.78. The lowest BCUT2D eigenvalue weighted by molar-refractivity contribution is 0.868. The highest BCUT2D eigenvalue weighted by molar-refractivity contribution is 5.03. The number of unbranched alkanes of at least 4 members (excludes halogenated alkanes) is 2. The molecule has 0 spiro atoms. The zero-order valence-electron chi connectivity index (χ0n) is 8.24. The van der Waals surface area contributed by atoms with Crippen LogP contribution in [0.1, 0.15) is 32.6 Å². The maximum Gasteiger partial charge on any atom is 0.0908 e. The van der Waals surface area contributed by atoms with Gasteiger partial charge in [-0.25, -0.2) is 0 Å². The molecule has 0 atom stereocenters. The third-order valence-corrected chi connectivity index (χ3v) is 1.55. The maximum absolute atomic E-state index is 8.21. The van der Waals surface area contributed by atoms with E-state index in [0.29, 0.717) is 0 Å². The van der Waals surface area contributed by atoms with Crippen molar-refractivity contribution in [2.75, 3.05) is 0 Å². The van der Waals surface area contributed by atoms with Crippen molar-refractivity contribution in [3.63, 3.8) is 0 Å². The summed E-state index contributed by atoms with van der Waals surface area (Å²) in [5.41, 5.74) is 0. The Morgan fingerprint density at radius 2 is 1.77 bits per heavy atom. The van der Waals surface area contributed by atoms with Crippen molar-refractivity contribution < 1.29 is 0 Å². The van der Waals surface area contributed by atoms with Crippen LogP contribution in [0.3, 0.4) is 0 Å². The van der Waals surface area contributed by atoms with Gasteiger partial charge in [-0.3, -0.25) is 0 Å². The highest BCUT2D eigenvalue weighted by Crippen LogP contribution is 1.97. The van der Waals surface area contributed by atoms with Gasteiger partial charge in [-0.2, -0.15) is 5.26 Å². The predicted octanol–water partition coefficient (Wildman–Crippen LogP) is 3.76. The molecule has 0 aliphatic heterocycles. The molecule has 1 heteroatoms. The average molecular weight is 175 g/mol. The number of rotatable bonds is 6. The van der Waals surface area contributed by atoms with Gasteiger partial charge < -0.3 is 0 Å². The van der Waals surface area contributed by atoms with Crippen LogP contribution in [0.2, 0.25) is 0 Å². The quantitative estimate of drug-likeness (QED) is 0.342. The first-order chi connectivity index (χ1) is 6.41. The monoisotopic (exact) mass is 175 g/mol. The Morgan fingerprint density at radius 3 is 2.46 bits per heavy atom. The van der Waals surface area contributed by atoms with E-state index in [9.17, 15) is 0 Å². The highest BCUT2D eigenvalue weighted by atomic mass is 14.2. The van der Waals surface area contributed by atoms with Crippen molar-refractivity contribution in [3.05, 3.63) is 36.5 Å². The number of nitrogens with zero attached hydrogens (tertiary/aromatic N) is 1. The standard InChI is InChI=1S/C12H17N/c1-2-3-4-5-6-7-8-9-10-11-12-13/h3-6,10-11H,2,7-9H2,1H3/b4-3+,6-5+,11-10+. The first-order valence-electron chi connectivity index (χ1n) is 4.78. The molecular weight excluding hydrogens is 158 g/mol. The fourth-order valence-corrected chi connectivity index (χ4v) is 0.879. The topological polar surface area (TPSA) is 23.8 Å². The Morgan fingerprint density at radius 1 is 1.08 bits per heavy atom. The summed E-state index contributed by atoms with van der Waals surface area (Å²) in [6, 6.07) is 1.98. The minimum Gasteiger partial charge on any atom is -0.193 e. The van der Waals surface area contributed by atoms with Crippen molar-refractivity contribution in [1.29, 1.82) is 5.26 Å². The maximum atomic E-state index is 8.21. The van der Waals surface area contributed by atoms with Gasteiger partial charge in [0.25, 0.3) is 0 Å². The van der Waals surface area contributed by atoms with E-state index in [1.54, 1.807) is 6.08 Å². The second-order valence-corrected chi connectivity index (χ2v) is 2.73. The van der Waals surface area contributed by atoms with Crippen molar-refractivity contribution in [2.45, 2.75) is 32.6 Å². The lowest BCUT2D eigenvalue weighted by Gasteiger charge is -1.87. The van der Waals surface area contributed by atoms with E-state index in [2.05, 4.69) is 31.2 Å². The number of allylic oxidation sites excluding steroid dienone is 6. The lowest BCUT2D eigenvalue weighted by Crippen LogP contribution is -1.68. The van der Waals surface area contributed by atoms with Gasteiger partial charge in [0.05, 0.1) is 6.07 Å². The molecule has 0 bridgehead atoms. The third-order valence-electron chi connectivity index (χ3n) is 1.55. The van der Waals surface area contributed by atoms with Crippen LogP contribution in [0.15, 0.2) is 36.5 Å². The van der Waals surface area contributed by atoms with Crippen LogP contribution in [0, 0.1) is 11.3 Å². The van der Waals surface area contributed by atoms with Crippen LogP contribution in [-0.2, 0) is 0 Å². The number of nitriles is 1. The van der Waals surface area contributed by atoms with Crippen molar-refractivity contribution in [2.24, 2.45) is 0 Å². The second kappa shape index (κ2) is 10.7. The van der Waals surface area contributed by atoms with Gasteiger partial charge in [0.1, 0.15) is 0 Å². The highest BCUT2D eigenvalue weighted by Gasteiger charge is 1.78. The molecule has 0 unspecified atom stereocenters. The molecule has 0 aliphatic carbocycles. The fourth-order valence-electron chi connectivity index (χ4n) is 0.879. The summed E-state index contributed by atoms with van der Waals surface area (Å²) >= 11 is 0. The molecule has 0 N–H and O–H groups in total. The molecule has 1 nitrogen and oxygen atoms in total. The number of hydrogen-bond acceptors (Lipinski definition) is 1. The Balaban J connectivity index is 3.26. The van der Waals surface area contributed by atoms with Crippen molar-refractivity contribution in [3.8, 4) is 6.07 Å². The van der Waals surface area contributed by atoms with E-state index in [4.69, 9.17) is 5.26 Å². The average Bonchev–Trinajstić information content (AvgIpc) is 2.16. The van der Waals surface area contributed by atoms with E-state index in [1.165, 1.54) is 0 Å².